The molecule has 1 atom stereocenters. The fourth-order valence-electron chi connectivity index (χ4n) is 2.21. The number of hydrogen-bond donors (Lipinski definition) is 1. The molecule has 10 heteroatoms. The lowest BCUT2D eigenvalue weighted by Crippen LogP contribution is -2.19. The third-order valence-corrected chi connectivity index (χ3v) is 5.60. The highest BCUT2D eigenvalue weighted by Crippen LogP contribution is 2.42. The van der Waals surface area contributed by atoms with Crippen LogP contribution in [0.15, 0.2) is 36.4 Å². The Morgan fingerprint density at radius 1 is 1.11 bits per heavy atom. The zero-order valence-electron chi connectivity index (χ0n) is 12.9. The molecule has 1 unspecified atom stereocenters. The molecule has 2 nitrogen and oxygen atoms in total. The van der Waals surface area contributed by atoms with E-state index in [-0.39, 0.29) is 35.3 Å². The standard InChI is InChI=1S/C17H8Cl3F4IO2/c18-11-3-8(4-12(19)15(11)20)10(17(22,23)24)6-13(21)7-1-2-9(16(26)27)14(25)5-7/h1-6,10H,(H,26,27). The first-order valence-electron chi connectivity index (χ1n) is 7.03. The lowest BCUT2D eigenvalue weighted by atomic mass is 9.96. The van der Waals surface area contributed by atoms with Gasteiger partial charge >= 0.3 is 12.1 Å². The van der Waals surface area contributed by atoms with Crippen molar-refractivity contribution in [3.8, 4) is 0 Å². The van der Waals surface area contributed by atoms with Crippen LogP contribution in [0.4, 0.5) is 17.6 Å². The number of hydrogen-bond acceptors (Lipinski definition) is 1. The second-order valence-electron chi connectivity index (χ2n) is 5.33. The van der Waals surface area contributed by atoms with E-state index < -0.39 is 23.9 Å². The molecule has 27 heavy (non-hydrogen) atoms. The normalized spacial score (nSPS) is 13.6. The van der Waals surface area contributed by atoms with Crippen molar-refractivity contribution >= 4 is 69.2 Å². The highest BCUT2D eigenvalue weighted by atomic mass is 127. The second kappa shape index (κ2) is 8.55. The summed E-state index contributed by atoms with van der Waals surface area (Å²) in [5.41, 5.74) is -0.658. The van der Waals surface area contributed by atoms with Crippen LogP contribution in [0.1, 0.15) is 27.4 Å². The summed E-state index contributed by atoms with van der Waals surface area (Å²) >= 11 is 19.0. The maximum atomic E-state index is 14.5. The van der Waals surface area contributed by atoms with Crippen molar-refractivity contribution in [3.05, 3.63) is 71.7 Å². The number of carbonyl (C=O) groups is 1. The van der Waals surface area contributed by atoms with Crippen LogP contribution in [0.5, 0.6) is 0 Å². The fourth-order valence-corrected chi connectivity index (χ4v) is 3.57. The molecule has 0 aliphatic carbocycles. The summed E-state index contributed by atoms with van der Waals surface area (Å²) in [4.78, 5) is 11.0. The van der Waals surface area contributed by atoms with Gasteiger partial charge < -0.3 is 5.11 Å². The molecule has 0 spiro atoms. The van der Waals surface area contributed by atoms with Crippen molar-refractivity contribution in [1.29, 1.82) is 0 Å². The van der Waals surface area contributed by atoms with Gasteiger partial charge in [0.2, 0.25) is 0 Å². The molecule has 144 valence electrons. The zero-order valence-corrected chi connectivity index (χ0v) is 17.3. The van der Waals surface area contributed by atoms with Gasteiger partial charge in [-0.2, -0.15) is 13.2 Å². The minimum absolute atomic E-state index is 0.0872. The molecule has 0 aromatic heterocycles. The lowest BCUT2D eigenvalue weighted by Gasteiger charge is -2.19. The van der Waals surface area contributed by atoms with Crippen LogP contribution in [-0.2, 0) is 0 Å². The summed E-state index contributed by atoms with van der Waals surface area (Å²) in [6.07, 6.45) is -4.45. The van der Waals surface area contributed by atoms with Gasteiger partial charge in [0.05, 0.1) is 20.6 Å². The topological polar surface area (TPSA) is 37.3 Å². The molecule has 0 heterocycles. The number of carboxylic acids is 1. The third-order valence-electron chi connectivity index (χ3n) is 3.51. The van der Waals surface area contributed by atoms with Crippen molar-refractivity contribution in [1.82, 2.24) is 0 Å². The Morgan fingerprint density at radius 2 is 1.67 bits per heavy atom. The van der Waals surface area contributed by atoms with Crippen LogP contribution in [0.3, 0.4) is 0 Å². The zero-order chi connectivity index (χ0) is 20.5. The first-order valence-corrected chi connectivity index (χ1v) is 9.24. The van der Waals surface area contributed by atoms with Gasteiger partial charge in [0.25, 0.3) is 0 Å². The van der Waals surface area contributed by atoms with E-state index in [1.165, 1.54) is 0 Å². The number of aromatic carboxylic acids is 1. The van der Waals surface area contributed by atoms with Gasteiger partial charge in [0.1, 0.15) is 11.7 Å². The minimum Gasteiger partial charge on any atom is -0.478 e. The monoisotopic (exact) mass is 552 g/mol. The predicted octanol–water partition coefficient (Wildman–Crippen LogP) is 7.61. The summed E-state index contributed by atoms with van der Waals surface area (Å²) in [6.45, 7) is 0. The van der Waals surface area contributed by atoms with Gasteiger partial charge in [-0.25, -0.2) is 9.18 Å². The van der Waals surface area contributed by atoms with Gasteiger partial charge in [0.15, 0.2) is 0 Å². The van der Waals surface area contributed by atoms with E-state index in [4.69, 9.17) is 39.9 Å². The van der Waals surface area contributed by atoms with Crippen molar-refractivity contribution in [2.24, 2.45) is 0 Å². The predicted molar refractivity (Wildman–Crippen MR) is 105 cm³/mol. The van der Waals surface area contributed by atoms with Crippen LogP contribution < -0.4 is 0 Å². The van der Waals surface area contributed by atoms with Crippen LogP contribution in [0, 0.1) is 3.57 Å². The highest BCUT2D eigenvalue weighted by molar-refractivity contribution is 14.1. The average Bonchev–Trinajstić information content (AvgIpc) is 2.55. The summed E-state index contributed by atoms with van der Waals surface area (Å²) in [7, 11) is 0. The molecule has 0 bridgehead atoms. The van der Waals surface area contributed by atoms with Crippen LogP contribution in [0.25, 0.3) is 5.83 Å². The molecule has 2 aromatic rings. The molecule has 0 radical (unpaired) electrons. The number of alkyl halides is 3. The van der Waals surface area contributed by atoms with Crippen molar-refractivity contribution in [2.45, 2.75) is 12.1 Å². The Balaban J connectivity index is 2.53. The molecule has 1 N–H and O–H groups in total. The Kier molecular flexibility index (Phi) is 7.05. The molecule has 0 fully saturated rings. The van der Waals surface area contributed by atoms with Crippen molar-refractivity contribution in [3.63, 3.8) is 0 Å². The number of rotatable bonds is 4. The molecule has 0 amide bonds. The van der Waals surface area contributed by atoms with E-state index in [2.05, 4.69) is 0 Å². The Labute approximate surface area is 179 Å². The van der Waals surface area contributed by atoms with Crippen LogP contribution >= 0.6 is 57.4 Å². The lowest BCUT2D eigenvalue weighted by molar-refractivity contribution is -0.139. The van der Waals surface area contributed by atoms with Gasteiger partial charge in [-0.3, -0.25) is 0 Å². The van der Waals surface area contributed by atoms with E-state index in [9.17, 15) is 22.4 Å². The second-order valence-corrected chi connectivity index (χ2v) is 7.69. The minimum atomic E-state index is -4.83. The first kappa shape index (κ1) is 22.3. The third kappa shape index (κ3) is 5.28. The van der Waals surface area contributed by atoms with Crippen LogP contribution in [0.2, 0.25) is 15.1 Å². The number of halogens is 8. The Bertz CT molecular complexity index is 906. The van der Waals surface area contributed by atoms with Crippen molar-refractivity contribution in [2.75, 3.05) is 0 Å². The highest BCUT2D eigenvalue weighted by Gasteiger charge is 2.40. The molecule has 0 aliphatic heterocycles. The molecule has 2 rings (SSSR count). The van der Waals surface area contributed by atoms with Crippen molar-refractivity contribution < 1.29 is 27.5 Å². The Hall–Kier alpha value is -1.03. The molecular weight excluding hydrogens is 545 g/mol. The Morgan fingerprint density at radius 3 is 2.11 bits per heavy atom. The van der Waals surface area contributed by atoms with E-state index >= 15 is 0 Å². The quantitative estimate of drug-likeness (QED) is 0.241. The maximum Gasteiger partial charge on any atom is 0.399 e. The summed E-state index contributed by atoms with van der Waals surface area (Å²) < 4.78 is 55.2. The summed E-state index contributed by atoms with van der Waals surface area (Å²) in [5.74, 6) is -4.73. The number of carboxylic acid groups (broad SMARTS) is 1. The van der Waals surface area contributed by atoms with E-state index in [0.29, 0.717) is 6.08 Å². The fraction of sp³-hybridized carbons (Fsp3) is 0.118. The number of benzene rings is 2. The molecule has 0 aliphatic rings. The van der Waals surface area contributed by atoms with E-state index in [1.807, 2.05) is 0 Å². The van der Waals surface area contributed by atoms with E-state index in [1.54, 1.807) is 22.6 Å². The summed E-state index contributed by atoms with van der Waals surface area (Å²) in [6, 6.07) is 5.28. The van der Waals surface area contributed by atoms with E-state index in [0.717, 1.165) is 30.3 Å². The van der Waals surface area contributed by atoms with Gasteiger partial charge in [0, 0.05) is 9.13 Å². The van der Waals surface area contributed by atoms with Gasteiger partial charge in [-0.15, -0.1) is 0 Å². The smallest absolute Gasteiger partial charge is 0.399 e. The largest absolute Gasteiger partial charge is 0.478 e. The molecular formula is C17H8Cl3F4IO2. The van der Waals surface area contributed by atoms with Gasteiger partial charge in [-0.05, 0) is 58.5 Å². The summed E-state index contributed by atoms with van der Waals surface area (Å²) in [5, 5.41) is 8.48. The average molecular weight is 554 g/mol. The SMILES string of the molecule is O=C(O)c1ccc(C(F)=CC(c2cc(Cl)c(Cl)c(Cl)c2)C(F)(F)F)cc1I. The van der Waals surface area contributed by atoms with Gasteiger partial charge in [-0.1, -0.05) is 40.9 Å². The van der Waals surface area contributed by atoms with Crippen LogP contribution in [-0.4, -0.2) is 17.3 Å². The molecule has 0 saturated carbocycles. The number of allylic oxidation sites excluding steroid dienone is 1. The molecule has 2 aromatic carbocycles. The maximum absolute atomic E-state index is 14.5. The first-order chi connectivity index (χ1) is 12.4. The molecule has 0 saturated heterocycles.